The van der Waals surface area contributed by atoms with Crippen LogP contribution in [0.2, 0.25) is 0 Å². The summed E-state index contributed by atoms with van der Waals surface area (Å²) in [6.45, 7) is 12.7. The molecule has 1 unspecified atom stereocenters. The second kappa shape index (κ2) is 10.5. The van der Waals surface area contributed by atoms with Gasteiger partial charge in [0.25, 0.3) is 0 Å². The number of esters is 1. The Morgan fingerprint density at radius 3 is 2.82 bits per heavy atom. The van der Waals surface area contributed by atoms with Gasteiger partial charge in [-0.25, -0.2) is 0 Å². The van der Waals surface area contributed by atoms with E-state index in [4.69, 9.17) is 4.74 Å². The lowest BCUT2D eigenvalue weighted by atomic mass is 9.97. The van der Waals surface area contributed by atoms with Crippen LogP contribution in [0.4, 0.5) is 0 Å². The minimum atomic E-state index is -0.124. The third-order valence-corrected chi connectivity index (χ3v) is 3.83. The Kier molecular flexibility index (Phi) is 8.94. The molecule has 1 heterocycles. The van der Waals surface area contributed by atoms with Crippen LogP contribution < -0.4 is 5.32 Å². The first-order valence-corrected chi connectivity index (χ1v) is 8.75. The third-order valence-electron chi connectivity index (χ3n) is 3.83. The van der Waals surface area contributed by atoms with Gasteiger partial charge in [-0.3, -0.25) is 9.79 Å². The molecule has 0 aromatic rings. The number of ether oxygens (including phenoxy) is 1. The Morgan fingerprint density at radius 2 is 2.18 bits per heavy atom. The minimum absolute atomic E-state index is 0.124. The van der Waals surface area contributed by atoms with E-state index < -0.39 is 0 Å². The van der Waals surface area contributed by atoms with Gasteiger partial charge < -0.3 is 15.0 Å². The van der Waals surface area contributed by atoms with Gasteiger partial charge in [0.05, 0.1) is 6.61 Å². The number of nitrogens with one attached hydrogen (secondary N) is 1. The molecule has 1 aliphatic heterocycles. The first-order chi connectivity index (χ1) is 10.6. The second-order valence-electron chi connectivity index (χ2n) is 6.37. The predicted octanol–water partition coefficient (Wildman–Crippen LogP) is 2.66. The summed E-state index contributed by atoms with van der Waals surface area (Å²) in [5, 5.41) is 3.37. The molecule has 0 aromatic heterocycles. The van der Waals surface area contributed by atoms with Crippen molar-refractivity contribution in [3.05, 3.63) is 0 Å². The highest BCUT2D eigenvalue weighted by molar-refractivity contribution is 5.80. The maximum Gasteiger partial charge on any atom is 0.305 e. The lowest BCUT2D eigenvalue weighted by molar-refractivity contribution is -0.143. The zero-order valence-electron chi connectivity index (χ0n) is 14.7. The van der Waals surface area contributed by atoms with Crippen LogP contribution in [0, 0.1) is 11.8 Å². The van der Waals surface area contributed by atoms with E-state index in [-0.39, 0.29) is 5.97 Å². The number of aliphatic imine (C=N–C) groups is 1. The van der Waals surface area contributed by atoms with Crippen LogP contribution in [-0.2, 0) is 9.53 Å². The SMILES string of the molecule is CCNC(=NCCCC(=O)OCC)N1CCC(CC(C)C)C1. The van der Waals surface area contributed by atoms with E-state index in [0.29, 0.717) is 19.6 Å². The topological polar surface area (TPSA) is 53.9 Å². The molecule has 5 heteroatoms. The van der Waals surface area contributed by atoms with Gasteiger partial charge in [0, 0.05) is 32.6 Å². The summed E-state index contributed by atoms with van der Waals surface area (Å²) in [7, 11) is 0. The van der Waals surface area contributed by atoms with E-state index in [1.165, 1.54) is 12.8 Å². The molecule has 1 atom stereocenters. The Labute approximate surface area is 135 Å². The maximum atomic E-state index is 11.3. The van der Waals surface area contributed by atoms with Gasteiger partial charge >= 0.3 is 5.97 Å². The molecule has 1 rings (SSSR count). The van der Waals surface area contributed by atoms with Crippen molar-refractivity contribution in [3.8, 4) is 0 Å². The minimum Gasteiger partial charge on any atom is -0.466 e. The summed E-state index contributed by atoms with van der Waals surface area (Å²) >= 11 is 0. The molecular formula is C17H33N3O2. The smallest absolute Gasteiger partial charge is 0.305 e. The van der Waals surface area contributed by atoms with Gasteiger partial charge in [-0.15, -0.1) is 0 Å². The number of hydrogen-bond donors (Lipinski definition) is 1. The Bertz CT molecular complexity index is 356. The van der Waals surface area contributed by atoms with Crippen molar-refractivity contribution >= 4 is 11.9 Å². The molecule has 0 radical (unpaired) electrons. The van der Waals surface area contributed by atoms with Crippen molar-refractivity contribution in [2.24, 2.45) is 16.8 Å². The quantitative estimate of drug-likeness (QED) is 0.324. The van der Waals surface area contributed by atoms with E-state index in [9.17, 15) is 4.79 Å². The second-order valence-corrected chi connectivity index (χ2v) is 6.37. The monoisotopic (exact) mass is 311 g/mol. The highest BCUT2D eigenvalue weighted by Crippen LogP contribution is 2.23. The van der Waals surface area contributed by atoms with Crippen molar-refractivity contribution in [2.45, 2.75) is 53.4 Å². The molecule has 1 fully saturated rings. The predicted molar refractivity (Wildman–Crippen MR) is 91.0 cm³/mol. The average Bonchev–Trinajstić information content (AvgIpc) is 2.90. The van der Waals surface area contributed by atoms with Crippen molar-refractivity contribution in [1.82, 2.24) is 10.2 Å². The van der Waals surface area contributed by atoms with E-state index >= 15 is 0 Å². The van der Waals surface area contributed by atoms with Crippen molar-refractivity contribution < 1.29 is 9.53 Å². The van der Waals surface area contributed by atoms with E-state index in [1.54, 1.807) is 0 Å². The van der Waals surface area contributed by atoms with Gasteiger partial charge in [-0.05, 0) is 44.9 Å². The Balaban J connectivity index is 2.41. The summed E-state index contributed by atoms with van der Waals surface area (Å²) in [6.07, 6.45) is 3.74. The van der Waals surface area contributed by atoms with Crippen LogP contribution in [0.1, 0.15) is 53.4 Å². The number of carbonyl (C=O) groups excluding carboxylic acids is 1. The zero-order chi connectivity index (χ0) is 16.4. The first kappa shape index (κ1) is 18.8. The Morgan fingerprint density at radius 1 is 1.41 bits per heavy atom. The number of hydrogen-bond acceptors (Lipinski definition) is 3. The number of carbonyl (C=O) groups is 1. The molecule has 22 heavy (non-hydrogen) atoms. The van der Waals surface area contributed by atoms with Gasteiger partial charge in [0.2, 0.25) is 0 Å². The molecule has 0 saturated carbocycles. The van der Waals surface area contributed by atoms with Crippen LogP contribution in [-0.4, -0.2) is 49.6 Å². The lowest BCUT2D eigenvalue weighted by Gasteiger charge is -2.22. The summed E-state index contributed by atoms with van der Waals surface area (Å²) < 4.78 is 4.93. The fourth-order valence-corrected chi connectivity index (χ4v) is 2.95. The molecule has 1 N–H and O–H groups in total. The standard InChI is InChI=1S/C17H33N3O2/c1-5-18-17(19-10-7-8-16(21)22-6-2)20-11-9-15(13-20)12-14(3)4/h14-15H,5-13H2,1-4H3,(H,18,19). The summed E-state index contributed by atoms with van der Waals surface area (Å²) in [5.74, 6) is 2.41. The average molecular weight is 311 g/mol. The van der Waals surface area contributed by atoms with Gasteiger partial charge in [-0.2, -0.15) is 0 Å². The van der Waals surface area contributed by atoms with Crippen LogP contribution in [0.25, 0.3) is 0 Å². The molecule has 0 aromatic carbocycles. The largest absolute Gasteiger partial charge is 0.466 e. The lowest BCUT2D eigenvalue weighted by Crippen LogP contribution is -2.40. The number of guanidine groups is 1. The van der Waals surface area contributed by atoms with Crippen LogP contribution in [0.5, 0.6) is 0 Å². The molecule has 0 spiro atoms. The number of rotatable bonds is 8. The normalized spacial score (nSPS) is 18.9. The maximum absolute atomic E-state index is 11.3. The Hall–Kier alpha value is -1.26. The first-order valence-electron chi connectivity index (χ1n) is 8.75. The summed E-state index contributed by atoms with van der Waals surface area (Å²) in [5.41, 5.74) is 0. The molecule has 0 bridgehead atoms. The van der Waals surface area contributed by atoms with E-state index in [0.717, 1.165) is 43.9 Å². The van der Waals surface area contributed by atoms with Crippen molar-refractivity contribution in [3.63, 3.8) is 0 Å². The number of nitrogens with zero attached hydrogens (tertiary/aromatic N) is 2. The van der Waals surface area contributed by atoms with Gasteiger partial charge in [0.15, 0.2) is 5.96 Å². The summed E-state index contributed by atoms with van der Waals surface area (Å²) in [4.78, 5) is 18.3. The van der Waals surface area contributed by atoms with Gasteiger partial charge in [0.1, 0.15) is 0 Å². The van der Waals surface area contributed by atoms with Crippen molar-refractivity contribution in [2.75, 3.05) is 32.8 Å². The van der Waals surface area contributed by atoms with Gasteiger partial charge in [-0.1, -0.05) is 13.8 Å². The van der Waals surface area contributed by atoms with Crippen LogP contribution in [0.15, 0.2) is 4.99 Å². The highest BCUT2D eigenvalue weighted by Gasteiger charge is 2.25. The van der Waals surface area contributed by atoms with E-state index in [2.05, 4.69) is 36.0 Å². The third kappa shape index (κ3) is 7.14. The molecule has 1 saturated heterocycles. The molecular weight excluding hydrogens is 278 g/mol. The van der Waals surface area contributed by atoms with E-state index in [1.807, 2.05) is 6.92 Å². The highest BCUT2D eigenvalue weighted by atomic mass is 16.5. The molecule has 128 valence electrons. The fourth-order valence-electron chi connectivity index (χ4n) is 2.95. The van der Waals surface area contributed by atoms with Crippen LogP contribution in [0.3, 0.4) is 0 Å². The molecule has 5 nitrogen and oxygen atoms in total. The van der Waals surface area contributed by atoms with Crippen LogP contribution >= 0.6 is 0 Å². The molecule has 0 aliphatic carbocycles. The molecule has 1 aliphatic rings. The van der Waals surface area contributed by atoms with Crippen molar-refractivity contribution in [1.29, 1.82) is 0 Å². The zero-order valence-corrected chi connectivity index (χ0v) is 14.7. The fraction of sp³-hybridized carbons (Fsp3) is 0.882. The molecule has 0 amide bonds. The number of likely N-dealkylation sites (tertiary alicyclic amines) is 1. The summed E-state index contributed by atoms with van der Waals surface area (Å²) in [6, 6.07) is 0.